The van der Waals surface area contributed by atoms with E-state index in [1.165, 1.54) is 16.8 Å². The van der Waals surface area contributed by atoms with Gasteiger partial charge < -0.3 is 25.8 Å². The van der Waals surface area contributed by atoms with Crippen LogP contribution in [0, 0.1) is 5.92 Å². The van der Waals surface area contributed by atoms with Gasteiger partial charge in [-0.3, -0.25) is 24.0 Å². The average molecular weight is 601 g/mol. The number of benzene rings is 2. The predicted octanol–water partition coefficient (Wildman–Crippen LogP) is 1.91. The van der Waals surface area contributed by atoms with Crippen molar-refractivity contribution in [2.75, 3.05) is 26.7 Å². The normalized spacial score (nSPS) is 21.2. The summed E-state index contributed by atoms with van der Waals surface area (Å²) in [4.78, 5) is 74.2. The van der Waals surface area contributed by atoms with Crippen molar-refractivity contribution in [3.63, 3.8) is 0 Å². The molecule has 3 N–H and O–H groups in total. The zero-order valence-electron chi connectivity index (χ0n) is 25.6. The highest BCUT2D eigenvalue weighted by atomic mass is 16.2. The van der Waals surface area contributed by atoms with Crippen molar-refractivity contribution in [2.24, 2.45) is 5.92 Å². The maximum absolute atomic E-state index is 13.8. The molecule has 2 aromatic carbocycles. The molecular formula is C33H40N6O5. The zero-order chi connectivity index (χ0) is 31.8. The SMILES string of the molecule is CC(C)[C@@H]1NC(=O)[C@@H](C)N(C(=O)c2ccc3ccccc3n2)CCCNC(=O)[C@H](Cc2ccccc2)NC(=O)CN(C)C1=O. The number of amides is 5. The summed E-state index contributed by atoms with van der Waals surface area (Å²) >= 11 is 0. The first-order valence-corrected chi connectivity index (χ1v) is 14.9. The Labute approximate surface area is 257 Å². The lowest BCUT2D eigenvalue weighted by molar-refractivity contribution is -0.140. The second-order valence-corrected chi connectivity index (χ2v) is 11.4. The first kappa shape index (κ1) is 32.1. The van der Waals surface area contributed by atoms with Gasteiger partial charge in [0.05, 0.1) is 12.1 Å². The highest BCUT2D eigenvalue weighted by Crippen LogP contribution is 2.16. The van der Waals surface area contributed by atoms with Gasteiger partial charge in [0.15, 0.2) is 0 Å². The van der Waals surface area contributed by atoms with Crippen molar-refractivity contribution in [3.8, 4) is 0 Å². The van der Waals surface area contributed by atoms with Crippen molar-refractivity contribution in [1.82, 2.24) is 30.7 Å². The molecule has 11 nitrogen and oxygen atoms in total. The van der Waals surface area contributed by atoms with Gasteiger partial charge in [-0.15, -0.1) is 0 Å². The first-order valence-electron chi connectivity index (χ1n) is 14.9. The summed E-state index contributed by atoms with van der Waals surface area (Å²) in [5, 5.41) is 9.32. The quantitative estimate of drug-likeness (QED) is 0.418. The Morgan fingerprint density at radius 2 is 1.64 bits per heavy atom. The van der Waals surface area contributed by atoms with Gasteiger partial charge in [-0.2, -0.15) is 0 Å². The molecule has 5 amide bonds. The van der Waals surface area contributed by atoms with Crippen LogP contribution < -0.4 is 16.0 Å². The van der Waals surface area contributed by atoms with Crippen molar-refractivity contribution >= 4 is 40.4 Å². The van der Waals surface area contributed by atoms with Crippen LogP contribution in [0.4, 0.5) is 0 Å². The van der Waals surface area contributed by atoms with Crippen LogP contribution in [0.5, 0.6) is 0 Å². The Balaban J connectivity index is 1.62. The molecule has 0 radical (unpaired) electrons. The van der Waals surface area contributed by atoms with E-state index in [1.807, 2.05) is 60.7 Å². The smallest absolute Gasteiger partial charge is 0.273 e. The van der Waals surface area contributed by atoms with Crippen LogP contribution in [-0.4, -0.2) is 89.1 Å². The van der Waals surface area contributed by atoms with Crippen LogP contribution in [0.25, 0.3) is 10.9 Å². The lowest BCUT2D eigenvalue weighted by Crippen LogP contribution is -2.57. The van der Waals surface area contributed by atoms with Crippen molar-refractivity contribution in [1.29, 1.82) is 0 Å². The van der Waals surface area contributed by atoms with Crippen LogP contribution in [0.15, 0.2) is 66.7 Å². The van der Waals surface area contributed by atoms with E-state index in [4.69, 9.17) is 0 Å². The highest BCUT2D eigenvalue weighted by Gasteiger charge is 2.34. The Morgan fingerprint density at radius 3 is 2.36 bits per heavy atom. The number of nitrogens with zero attached hydrogens (tertiary/aromatic N) is 3. The van der Waals surface area contributed by atoms with Crippen molar-refractivity contribution < 1.29 is 24.0 Å². The predicted molar refractivity (Wildman–Crippen MR) is 166 cm³/mol. The molecule has 44 heavy (non-hydrogen) atoms. The fraction of sp³-hybridized carbons (Fsp3) is 0.394. The standard InChI is InChI=1S/C33H40N6O5/c1-21(2)29-33(44)38(4)20-28(40)36-27(19-23-11-6-5-7-12-23)31(42)34-17-10-18-39(22(3)30(41)37-29)32(43)26-16-15-24-13-8-9-14-25(24)35-26/h5-9,11-16,21-22,27,29H,10,17-20H2,1-4H3,(H,34,42)(H,36,40)(H,37,41)/t22-,27+,29+/m1/s1. The van der Waals surface area contributed by atoms with Crippen LogP contribution in [0.1, 0.15) is 43.2 Å². The number of para-hydroxylation sites is 1. The molecule has 1 aliphatic rings. The van der Waals surface area contributed by atoms with Gasteiger partial charge in [0.25, 0.3) is 5.91 Å². The van der Waals surface area contributed by atoms with Crippen molar-refractivity contribution in [3.05, 3.63) is 78.0 Å². The number of carbonyl (C=O) groups is 5. The molecule has 11 heteroatoms. The van der Waals surface area contributed by atoms with Gasteiger partial charge in [-0.1, -0.05) is 68.4 Å². The molecule has 4 rings (SSSR count). The summed E-state index contributed by atoms with van der Waals surface area (Å²) in [5.74, 6) is -2.59. The van der Waals surface area contributed by atoms with Gasteiger partial charge in [0.1, 0.15) is 23.8 Å². The fourth-order valence-electron chi connectivity index (χ4n) is 5.15. The molecule has 1 saturated heterocycles. The molecular weight excluding hydrogens is 560 g/mol. The Morgan fingerprint density at radius 1 is 0.932 bits per heavy atom. The van der Waals surface area contributed by atoms with Gasteiger partial charge in [0, 0.05) is 31.9 Å². The molecule has 1 aliphatic heterocycles. The monoisotopic (exact) mass is 600 g/mol. The molecule has 3 aromatic rings. The summed E-state index contributed by atoms with van der Waals surface area (Å²) in [6, 6.07) is 17.4. The number of aromatic nitrogens is 1. The Hall–Kier alpha value is -4.80. The third-order valence-electron chi connectivity index (χ3n) is 7.72. The molecule has 0 spiro atoms. The molecule has 3 atom stereocenters. The topological polar surface area (TPSA) is 141 Å². The molecule has 1 aromatic heterocycles. The summed E-state index contributed by atoms with van der Waals surface area (Å²) in [7, 11) is 1.48. The molecule has 2 heterocycles. The van der Waals surface area contributed by atoms with E-state index < -0.39 is 41.8 Å². The van der Waals surface area contributed by atoms with E-state index in [2.05, 4.69) is 20.9 Å². The molecule has 0 bridgehead atoms. The minimum atomic E-state index is -0.951. The van der Waals surface area contributed by atoms with E-state index in [-0.39, 0.29) is 43.6 Å². The van der Waals surface area contributed by atoms with Crippen LogP contribution in [-0.2, 0) is 25.6 Å². The van der Waals surface area contributed by atoms with E-state index in [0.29, 0.717) is 11.9 Å². The second-order valence-electron chi connectivity index (χ2n) is 11.4. The summed E-state index contributed by atoms with van der Waals surface area (Å²) < 4.78 is 0. The number of likely N-dealkylation sites (N-methyl/N-ethyl adjacent to an activating group) is 1. The number of fused-ring (bicyclic) bond motifs is 1. The molecule has 0 saturated carbocycles. The maximum Gasteiger partial charge on any atom is 0.273 e. The Kier molecular flexibility index (Phi) is 10.6. The molecule has 1 fully saturated rings. The van der Waals surface area contributed by atoms with E-state index >= 15 is 0 Å². The maximum atomic E-state index is 13.8. The van der Waals surface area contributed by atoms with Crippen molar-refractivity contribution in [2.45, 2.75) is 51.7 Å². The summed E-state index contributed by atoms with van der Waals surface area (Å²) in [5.41, 5.74) is 1.70. The van der Waals surface area contributed by atoms with Gasteiger partial charge >= 0.3 is 0 Å². The summed E-state index contributed by atoms with van der Waals surface area (Å²) in [6.45, 7) is 5.23. The molecule has 0 aliphatic carbocycles. The van der Waals surface area contributed by atoms with Crippen LogP contribution in [0.2, 0.25) is 0 Å². The lowest BCUT2D eigenvalue weighted by atomic mass is 10.0. The second kappa shape index (κ2) is 14.6. The zero-order valence-corrected chi connectivity index (χ0v) is 25.6. The number of hydrogen-bond donors (Lipinski definition) is 3. The van der Waals surface area contributed by atoms with E-state index in [1.54, 1.807) is 26.8 Å². The number of nitrogens with one attached hydrogen (secondary N) is 3. The van der Waals surface area contributed by atoms with Crippen LogP contribution in [0.3, 0.4) is 0 Å². The Bertz CT molecular complexity index is 1510. The lowest BCUT2D eigenvalue weighted by Gasteiger charge is -2.32. The average Bonchev–Trinajstić information content (AvgIpc) is 3.01. The van der Waals surface area contributed by atoms with Gasteiger partial charge in [0.2, 0.25) is 23.6 Å². The molecule has 232 valence electrons. The minimum absolute atomic E-state index is 0.137. The van der Waals surface area contributed by atoms with Crippen LogP contribution >= 0.6 is 0 Å². The van der Waals surface area contributed by atoms with E-state index in [0.717, 1.165) is 10.9 Å². The number of pyridine rings is 1. The molecule has 0 unspecified atom stereocenters. The number of hydrogen-bond acceptors (Lipinski definition) is 6. The summed E-state index contributed by atoms with van der Waals surface area (Å²) in [6.07, 6.45) is 0.597. The largest absolute Gasteiger partial charge is 0.354 e. The number of rotatable bonds is 4. The highest BCUT2D eigenvalue weighted by molar-refractivity contribution is 5.99. The third kappa shape index (κ3) is 7.97. The fourth-order valence-corrected chi connectivity index (χ4v) is 5.15. The first-order chi connectivity index (χ1) is 21.0. The third-order valence-corrected chi connectivity index (χ3v) is 7.72. The van der Waals surface area contributed by atoms with Gasteiger partial charge in [-0.25, -0.2) is 4.98 Å². The van der Waals surface area contributed by atoms with Gasteiger partial charge in [-0.05, 0) is 37.0 Å². The number of carbonyl (C=O) groups excluding carboxylic acids is 5. The van der Waals surface area contributed by atoms with E-state index in [9.17, 15) is 24.0 Å². The minimum Gasteiger partial charge on any atom is -0.354 e.